The zero-order chi connectivity index (χ0) is 47.2. The van der Waals surface area contributed by atoms with E-state index in [2.05, 4.69) is 20.5 Å². The maximum absolute atomic E-state index is 14.9. The number of carbonyl (C=O) groups is 4. The van der Waals surface area contributed by atoms with Gasteiger partial charge < -0.3 is 40.4 Å². The first-order chi connectivity index (χ1) is 31.8. The Bertz CT molecular complexity index is 2690. The van der Waals surface area contributed by atoms with Gasteiger partial charge in [-0.25, -0.2) is 23.2 Å². The van der Waals surface area contributed by atoms with Crippen LogP contribution in [0.15, 0.2) is 136 Å². The van der Waals surface area contributed by atoms with Crippen LogP contribution in [0.3, 0.4) is 0 Å². The predicted molar refractivity (Wildman–Crippen MR) is 242 cm³/mol. The van der Waals surface area contributed by atoms with Crippen LogP contribution in [0.5, 0.6) is 0 Å². The Morgan fingerprint density at radius 1 is 0.727 bits per heavy atom. The van der Waals surface area contributed by atoms with Gasteiger partial charge >= 0.3 is 12.2 Å². The fourth-order valence-electron chi connectivity index (χ4n) is 6.63. The average molecular weight is 901 g/mol. The maximum atomic E-state index is 14.9. The number of nitrogens with two attached hydrogens (primary N) is 2. The maximum Gasteiger partial charge on any atom is 0.414 e. The van der Waals surface area contributed by atoms with Gasteiger partial charge in [0.2, 0.25) is 11.8 Å². The molecule has 0 aliphatic carbocycles. The third-order valence-electron chi connectivity index (χ3n) is 10.00. The Morgan fingerprint density at radius 2 is 1.20 bits per heavy atom. The van der Waals surface area contributed by atoms with E-state index < -0.39 is 36.0 Å². The van der Waals surface area contributed by atoms with Crippen molar-refractivity contribution >= 4 is 46.9 Å². The largest absolute Gasteiger partial charge is 0.468 e. The van der Waals surface area contributed by atoms with E-state index >= 15 is 0 Å². The number of cyclic esters (lactones) is 2. The fraction of sp³-hybridized carbons (Fsp3) is 0.208. The SMILES string of the molecule is CC(=O)NCC1CN(c2ccc(-c3ccc(C(N)=NCc4ccco4)cc3)c(F)c2)C(=O)O1.NCc1ccco1.[C-]#[N+]c1ccc(-c2ccc(N3CC(CNC(C)=O)OC3=O)cc2F)cc1. The number of hydrogen-bond donors (Lipinski definition) is 4. The molecule has 16 nitrogen and oxygen atoms in total. The molecular formula is C48H46F2N8O8. The Kier molecular flexibility index (Phi) is 16.0. The first-order valence-electron chi connectivity index (χ1n) is 20.5. The van der Waals surface area contributed by atoms with Crippen LogP contribution in [0.4, 0.5) is 35.4 Å². The number of amides is 4. The van der Waals surface area contributed by atoms with E-state index in [-0.39, 0.29) is 38.0 Å². The van der Waals surface area contributed by atoms with E-state index in [1.165, 1.54) is 35.8 Å². The quantitative estimate of drug-likeness (QED) is 0.0534. The monoisotopic (exact) mass is 900 g/mol. The summed E-state index contributed by atoms with van der Waals surface area (Å²) in [6, 6.07) is 30.0. The van der Waals surface area contributed by atoms with E-state index in [1.54, 1.807) is 91.4 Å². The summed E-state index contributed by atoms with van der Waals surface area (Å²) in [5, 5.41) is 5.20. The number of amidine groups is 1. The zero-order valence-electron chi connectivity index (χ0n) is 35.9. The summed E-state index contributed by atoms with van der Waals surface area (Å²) in [4.78, 5) is 56.5. The highest BCUT2D eigenvalue weighted by Gasteiger charge is 2.34. The lowest BCUT2D eigenvalue weighted by molar-refractivity contribution is -0.120. The smallest absolute Gasteiger partial charge is 0.414 e. The minimum Gasteiger partial charge on any atom is -0.468 e. The first kappa shape index (κ1) is 47.2. The van der Waals surface area contributed by atoms with Crippen LogP contribution in [-0.4, -0.2) is 68.2 Å². The number of halogens is 2. The summed E-state index contributed by atoms with van der Waals surface area (Å²) < 4.78 is 50.0. The number of rotatable bonds is 12. The lowest BCUT2D eigenvalue weighted by Crippen LogP contribution is -2.33. The fourth-order valence-corrected chi connectivity index (χ4v) is 6.63. The van der Waals surface area contributed by atoms with Crippen LogP contribution in [0, 0.1) is 18.2 Å². The molecule has 2 saturated heterocycles. The Hall–Kier alpha value is -8.30. The van der Waals surface area contributed by atoms with Crippen molar-refractivity contribution in [2.45, 2.75) is 39.1 Å². The summed E-state index contributed by atoms with van der Waals surface area (Å²) in [5.74, 6) is 0.528. The highest BCUT2D eigenvalue weighted by Crippen LogP contribution is 2.31. The molecule has 2 aromatic heterocycles. The summed E-state index contributed by atoms with van der Waals surface area (Å²) in [7, 11) is 0. The van der Waals surface area contributed by atoms with Crippen molar-refractivity contribution in [2.24, 2.45) is 16.5 Å². The van der Waals surface area contributed by atoms with Crippen LogP contribution in [0.25, 0.3) is 27.1 Å². The summed E-state index contributed by atoms with van der Waals surface area (Å²) in [6.45, 7) is 11.4. The Balaban J connectivity index is 0.000000194. The molecule has 66 heavy (non-hydrogen) atoms. The number of ether oxygens (including phenoxy) is 2. The number of carbonyl (C=O) groups excluding carboxylic acids is 4. The van der Waals surface area contributed by atoms with Crippen molar-refractivity contribution < 1.29 is 46.3 Å². The molecule has 340 valence electrons. The van der Waals surface area contributed by atoms with Gasteiger partial charge in [-0.2, -0.15) is 0 Å². The van der Waals surface area contributed by atoms with Gasteiger partial charge in [-0.1, -0.05) is 48.5 Å². The minimum absolute atomic E-state index is 0.207. The number of anilines is 2. The third kappa shape index (κ3) is 12.7. The molecule has 0 spiro atoms. The van der Waals surface area contributed by atoms with Crippen molar-refractivity contribution in [3.8, 4) is 22.3 Å². The second kappa shape index (κ2) is 22.4. The third-order valence-corrected chi connectivity index (χ3v) is 10.00. The standard InChI is InChI=1S/C24H23FN4O4.C19H16FN3O3.C5H7NO/c1-15(30)27-13-20-14-29(24(31)33-20)18-8-9-21(22(25)11-18)16-4-6-17(7-5-16)23(26)28-12-19-3-2-10-32-19;1-12(24)22-10-16-11-23(19(25)26-16)15-7-8-17(18(20)9-15)13-3-5-14(21-2)6-4-13;6-4-5-2-1-3-7-5/h2-11,20H,12-14H2,1H3,(H2,26,28)(H,27,30);3-9,16H,10-11H2,1H3,(H,22,24);1-3H,4,6H2. The van der Waals surface area contributed by atoms with Gasteiger partial charge in [0.05, 0.1) is 69.7 Å². The number of nitrogens with one attached hydrogen (secondary N) is 2. The molecule has 2 unspecified atom stereocenters. The van der Waals surface area contributed by atoms with Crippen molar-refractivity contribution in [1.82, 2.24) is 10.6 Å². The Morgan fingerprint density at radius 3 is 1.59 bits per heavy atom. The van der Waals surface area contributed by atoms with Crippen LogP contribution in [-0.2, 0) is 32.2 Å². The Labute approximate surface area is 378 Å². The summed E-state index contributed by atoms with van der Waals surface area (Å²) >= 11 is 0. The zero-order valence-corrected chi connectivity index (χ0v) is 35.9. The molecule has 2 aliphatic heterocycles. The summed E-state index contributed by atoms with van der Waals surface area (Å²) in [5.41, 5.74) is 15.3. The number of aliphatic imine (C=N–C) groups is 1. The van der Waals surface area contributed by atoms with Gasteiger partial charge in [-0.3, -0.25) is 24.4 Å². The van der Waals surface area contributed by atoms with Gasteiger partial charge in [0.15, 0.2) is 5.69 Å². The molecule has 8 rings (SSSR count). The second-order valence-corrected chi connectivity index (χ2v) is 14.7. The topological polar surface area (TPSA) is 212 Å². The molecule has 4 aromatic carbocycles. The minimum atomic E-state index is -0.578. The van der Waals surface area contributed by atoms with Crippen LogP contribution in [0.1, 0.15) is 30.9 Å². The van der Waals surface area contributed by atoms with E-state index in [9.17, 15) is 28.0 Å². The highest BCUT2D eigenvalue weighted by molar-refractivity contribution is 5.98. The molecule has 2 aliphatic rings. The summed E-state index contributed by atoms with van der Waals surface area (Å²) in [6.07, 6.45) is 1.07. The molecule has 0 bridgehead atoms. The normalized spacial score (nSPS) is 15.4. The average Bonchev–Trinajstić information content (AvgIpc) is 4.16. The highest BCUT2D eigenvalue weighted by atomic mass is 19.1. The van der Waals surface area contributed by atoms with E-state index in [0.717, 1.165) is 5.76 Å². The van der Waals surface area contributed by atoms with Crippen LogP contribution < -0.4 is 31.9 Å². The van der Waals surface area contributed by atoms with Gasteiger partial charge in [-0.15, -0.1) is 0 Å². The van der Waals surface area contributed by atoms with Gasteiger partial charge in [0.25, 0.3) is 0 Å². The molecule has 0 radical (unpaired) electrons. The van der Waals surface area contributed by atoms with Crippen molar-refractivity contribution in [1.29, 1.82) is 0 Å². The molecule has 6 aromatic rings. The predicted octanol–water partition coefficient (Wildman–Crippen LogP) is 7.70. The lowest BCUT2D eigenvalue weighted by atomic mass is 10.0. The van der Waals surface area contributed by atoms with Crippen molar-refractivity contribution in [3.05, 3.63) is 162 Å². The van der Waals surface area contributed by atoms with Crippen LogP contribution >= 0.6 is 0 Å². The number of furan rings is 2. The van der Waals surface area contributed by atoms with Crippen molar-refractivity contribution in [2.75, 3.05) is 36.0 Å². The van der Waals surface area contributed by atoms with Crippen molar-refractivity contribution in [3.63, 3.8) is 0 Å². The first-order valence-corrected chi connectivity index (χ1v) is 20.5. The van der Waals surface area contributed by atoms with Gasteiger partial charge in [-0.05, 0) is 71.8 Å². The van der Waals surface area contributed by atoms with E-state index in [4.69, 9.17) is 36.3 Å². The van der Waals surface area contributed by atoms with E-state index in [1.807, 2.05) is 18.2 Å². The van der Waals surface area contributed by atoms with E-state index in [0.29, 0.717) is 69.6 Å². The second-order valence-electron chi connectivity index (χ2n) is 14.7. The number of benzene rings is 4. The number of nitrogens with zero attached hydrogens (tertiary/aromatic N) is 4. The lowest BCUT2D eigenvalue weighted by Gasteiger charge is -2.14. The van der Waals surface area contributed by atoms with Crippen LogP contribution in [0.2, 0.25) is 0 Å². The molecule has 2 fully saturated rings. The molecule has 2 atom stereocenters. The van der Waals surface area contributed by atoms with Gasteiger partial charge in [0.1, 0.15) is 41.2 Å². The molecule has 6 N–H and O–H groups in total. The molecule has 4 amide bonds. The molecule has 0 saturated carbocycles. The van der Waals surface area contributed by atoms with Gasteiger partial charge in [0, 0.05) is 30.5 Å². The molecule has 18 heteroatoms. The molecular weight excluding hydrogens is 855 g/mol. The molecule has 4 heterocycles. The number of hydrogen-bond acceptors (Lipinski definition) is 10.